The van der Waals surface area contributed by atoms with Crippen molar-refractivity contribution in [3.8, 4) is 0 Å². The lowest BCUT2D eigenvalue weighted by Crippen LogP contribution is -2.57. The van der Waals surface area contributed by atoms with Crippen LogP contribution in [-0.4, -0.2) is 73.4 Å². The number of aliphatic carboxylic acids is 1. The molecule has 0 aliphatic rings. The zero-order valence-electron chi connectivity index (χ0n) is 18.5. The molecule has 0 fully saturated rings. The van der Waals surface area contributed by atoms with Gasteiger partial charge in [0.25, 0.3) is 0 Å². The summed E-state index contributed by atoms with van der Waals surface area (Å²) in [6.45, 7) is 3.36. The van der Waals surface area contributed by atoms with Crippen molar-refractivity contribution in [2.75, 3.05) is 6.54 Å². The van der Waals surface area contributed by atoms with Crippen LogP contribution in [0, 0.1) is 5.92 Å². The number of nitrogens with two attached hydrogens (primary N) is 1. The summed E-state index contributed by atoms with van der Waals surface area (Å²) < 4.78 is 0. The Balaban J connectivity index is 2.19. The number of aromatic amines is 2. The van der Waals surface area contributed by atoms with Crippen LogP contribution in [0.1, 0.15) is 31.7 Å². The molecule has 0 aliphatic heterocycles. The van der Waals surface area contributed by atoms with Crippen LogP contribution in [0.4, 0.5) is 0 Å². The molecule has 13 nitrogen and oxygen atoms in total. The molecule has 0 saturated heterocycles. The first kappa shape index (κ1) is 25.5. The highest BCUT2D eigenvalue weighted by atomic mass is 16.4. The smallest absolute Gasteiger partial charge is 0.326 e. The Kier molecular flexibility index (Phi) is 9.54. The number of hydrogen-bond acceptors (Lipinski definition) is 7. The maximum atomic E-state index is 13.0. The number of nitrogens with one attached hydrogen (secondary N) is 5. The maximum absolute atomic E-state index is 13.0. The van der Waals surface area contributed by atoms with Crippen molar-refractivity contribution >= 4 is 23.7 Å². The van der Waals surface area contributed by atoms with Gasteiger partial charge in [0, 0.05) is 36.6 Å². The van der Waals surface area contributed by atoms with Crippen LogP contribution >= 0.6 is 0 Å². The third kappa shape index (κ3) is 8.37. The van der Waals surface area contributed by atoms with Gasteiger partial charge in [0.05, 0.1) is 19.2 Å². The summed E-state index contributed by atoms with van der Waals surface area (Å²) in [5, 5.41) is 17.1. The number of carbonyl (C=O) groups excluding carboxylic acids is 3. The molecule has 3 amide bonds. The lowest BCUT2D eigenvalue weighted by molar-refractivity contribution is -0.142. The highest BCUT2D eigenvalue weighted by Crippen LogP contribution is 2.07. The average Bonchev–Trinajstić information content (AvgIpc) is 3.45. The first-order valence-electron chi connectivity index (χ1n) is 10.5. The zero-order chi connectivity index (χ0) is 24.4. The predicted octanol–water partition coefficient (Wildman–Crippen LogP) is -1.54. The molecular formula is C20H30N8O5. The van der Waals surface area contributed by atoms with Crippen LogP contribution in [0.2, 0.25) is 0 Å². The van der Waals surface area contributed by atoms with E-state index in [-0.39, 0.29) is 31.7 Å². The van der Waals surface area contributed by atoms with Gasteiger partial charge in [-0.25, -0.2) is 14.8 Å². The Labute approximate surface area is 190 Å². The summed E-state index contributed by atoms with van der Waals surface area (Å²) in [5.41, 5.74) is 6.51. The fraction of sp³-hybridized carbons (Fsp3) is 0.500. The molecule has 0 bridgehead atoms. The summed E-state index contributed by atoms with van der Waals surface area (Å²) >= 11 is 0. The van der Waals surface area contributed by atoms with Gasteiger partial charge >= 0.3 is 5.97 Å². The average molecular weight is 463 g/mol. The number of aromatic nitrogens is 4. The topological polar surface area (TPSA) is 208 Å². The lowest BCUT2D eigenvalue weighted by Gasteiger charge is -2.24. The van der Waals surface area contributed by atoms with E-state index in [2.05, 4.69) is 35.9 Å². The number of carboxylic acids is 1. The molecule has 3 unspecified atom stereocenters. The molecule has 3 atom stereocenters. The van der Waals surface area contributed by atoms with Crippen molar-refractivity contribution in [3.05, 3.63) is 36.4 Å². The summed E-state index contributed by atoms with van der Waals surface area (Å²) in [5.74, 6) is -3.00. The van der Waals surface area contributed by atoms with E-state index in [9.17, 15) is 24.3 Å². The second-order valence-electron chi connectivity index (χ2n) is 7.98. The van der Waals surface area contributed by atoms with E-state index >= 15 is 0 Å². The second kappa shape index (κ2) is 12.3. The van der Waals surface area contributed by atoms with Crippen molar-refractivity contribution in [2.45, 2.75) is 51.2 Å². The highest BCUT2D eigenvalue weighted by molar-refractivity contribution is 5.93. The minimum absolute atomic E-state index is 0.0253. The Morgan fingerprint density at radius 1 is 0.909 bits per heavy atom. The minimum Gasteiger partial charge on any atom is -0.480 e. The molecule has 0 spiro atoms. The molecule has 13 heteroatoms. The lowest BCUT2D eigenvalue weighted by atomic mass is 10.0. The van der Waals surface area contributed by atoms with E-state index < -0.39 is 41.8 Å². The number of amides is 3. The standard InChI is InChI=1S/C20H30N8O5/c1-11(2)3-16(20(32)33)28-19(31)15(5-13-8-23-10-25-13)27-18(30)14(26-17(29)6-21)4-12-7-22-9-24-12/h7-11,14-16H,3-6,21H2,1-2H3,(H,22,24)(H,23,25)(H,26,29)(H,27,30)(H,28,31)(H,32,33). The van der Waals surface area contributed by atoms with Gasteiger partial charge in [0.2, 0.25) is 17.7 Å². The molecule has 180 valence electrons. The first-order chi connectivity index (χ1) is 15.7. The Hall–Kier alpha value is -3.74. The molecule has 2 aromatic heterocycles. The molecule has 0 saturated carbocycles. The monoisotopic (exact) mass is 462 g/mol. The van der Waals surface area contributed by atoms with Crippen LogP contribution in [0.25, 0.3) is 0 Å². The molecule has 2 rings (SSSR count). The number of carboxylic acid groups (broad SMARTS) is 1. The van der Waals surface area contributed by atoms with Crippen LogP contribution in [0.15, 0.2) is 25.0 Å². The Bertz CT molecular complexity index is 913. The zero-order valence-corrected chi connectivity index (χ0v) is 18.5. The van der Waals surface area contributed by atoms with Gasteiger partial charge in [-0.2, -0.15) is 0 Å². The van der Waals surface area contributed by atoms with Crippen molar-refractivity contribution in [3.63, 3.8) is 0 Å². The van der Waals surface area contributed by atoms with Crippen LogP contribution in [0.3, 0.4) is 0 Å². The molecule has 2 aromatic rings. The number of hydrogen-bond donors (Lipinski definition) is 7. The summed E-state index contributed by atoms with van der Waals surface area (Å²) in [6, 6.07) is -3.27. The van der Waals surface area contributed by atoms with Crippen LogP contribution < -0.4 is 21.7 Å². The molecule has 0 aliphatic carbocycles. The maximum Gasteiger partial charge on any atom is 0.326 e. The fourth-order valence-corrected chi connectivity index (χ4v) is 3.14. The van der Waals surface area contributed by atoms with E-state index in [0.29, 0.717) is 11.4 Å². The van der Waals surface area contributed by atoms with Crippen LogP contribution in [-0.2, 0) is 32.0 Å². The van der Waals surface area contributed by atoms with Gasteiger partial charge in [0.1, 0.15) is 18.1 Å². The molecule has 0 aromatic carbocycles. The van der Waals surface area contributed by atoms with Gasteiger partial charge in [-0.1, -0.05) is 13.8 Å². The van der Waals surface area contributed by atoms with E-state index in [1.54, 1.807) is 0 Å². The third-order valence-electron chi connectivity index (χ3n) is 4.75. The number of nitrogens with zero attached hydrogens (tertiary/aromatic N) is 2. The van der Waals surface area contributed by atoms with Gasteiger partial charge < -0.3 is 36.8 Å². The largest absolute Gasteiger partial charge is 0.480 e. The minimum atomic E-state index is -1.17. The fourth-order valence-electron chi connectivity index (χ4n) is 3.14. The normalized spacial score (nSPS) is 13.7. The number of rotatable bonds is 13. The van der Waals surface area contributed by atoms with Gasteiger partial charge in [-0.05, 0) is 12.3 Å². The van der Waals surface area contributed by atoms with Crippen molar-refractivity contribution in [1.82, 2.24) is 35.9 Å². The van der Waals surface area contributed by atoms with Crippen LogP contribution in [0.5, 0.6) is 0 Å². The molecule has 8 N–H and O–H groups in total. The number of H-pyrrole nitrogens is 2. The Morgan fingerprint density at radius 3 is 1.79 bits per heavy atom. The van der Waals surface area contributed by atoms with Gasteiger partial charge in [-0.3, -0.25) is 14.4 Å². The molecule has 33 heavy (non-hydrogen) atoms. The molecule has 0 radical (unpaired) electrons. The van der Waals surface area contributed by atoms with Crippen molar-refractivity contribution < 1.29 is 24.3 Å². The Morgan fingerprint density at radius 2 is 1.39 bits per heavy atom. The quantitative estimate of drug-likeness (QED) is 0.185. The third-order valence-corrected chi connectivity index (χ3v) is 4.75. The molecule has 2 heterocycles. The second-order valence-corrected chi connectivity index (χ2v) is 7.98. The van der Waals surface area contributed by atoms with E-state index in [1.807, 2.05) is 13.8 Å². The SMILES string of the molecule is CC(C)CC(NC(=O)C(Cc1cnc[nH]1)NC(=O)C(Cc1cnc[nH]1)NC(=O)CN)C(=O)O. The van der Waals surface area contributed by atoms with Crippen molar-refractivity contribution in [1.29, 1.82) is 0 Å². The van der Waals surface area contributed by atoms with Gasteiger partial charge in [0.15, 0.2) is 0 Å². The van der Waals surface area contributed by atoms with Gasteiger partial charge in [-0.15, -0.1) is 0 Å². The molecular weight excluding hydrogens is 432 g/mol. The van der Waals surface area contributed by atoms with Crippen molar-refractivity contribution in [2.24, 2.45) is 11.7 Å². The number of imidazole rings is 2. The summed E-state index contributed by atoms with van der Waals surface area (Å²) in [7, 11) is 0. The predicted molar refractivity (Wildman–Crippen MR) is 117 cm³/mol. The summed E-state index contributed by atoms with van der Waals surface area (Å²) in [4.78, 5) is 62.9. The first-order valence-corrected chi connectivity index (χ1v) is 10.5. The highest BCUT2D eigenvalue weighted by Gasteiger charge is 2.30. The van der Waals surface area contributed by atoms with E-state index in [1.165, 1.54) is 25.0 Å². The number of carbonyl (C=O) groups is 4. The van der Waals surface area contributed by atoms with E-state index in [0.717, 1.165) is 0 Å². The van der Waals surface area contributed by atoms with E-state index in [4.69, 9.17) is 5.73 Å². The summed E-state index contributed by atoms with van der Waals surface area (Å²) in [6.07, 6.45) is 6.20.